The summed E-state index contributed by atoms with van der Waals surface area (Å²) < 4.78 is 1.67. The van der Waals surface area contributed by atoms with E-state index in [4.69, 9.17) is 11.6 Å². The summed E-state index contributed by atoms with van der Waals surface area (Å²) in [4.78, 5) is 28.3. The molecular formula is C23H23ClN6O. The van der Waals surface area contributed by atoms with Crippen molar-refractivity contribution in [1.29, 1.82) is 0 Å². The first-order valence-electron chi connectivity index (χ1n) is 10.5. The van der Waals surface area contributed by atoms with Gasteiger partial charge >= 0.3 is 0 Å². The molecule has 1 fully saturated rings. The summed E-state index contributed by atoms with van der Waals surface area (Å²) in [5.41, 5.74) is 3.19. The Balaban J connectivity index is 1.50. The molecule has 2 aromatic heterocycles. The van der Waals surface area contributed by atoms with Gasteiger partial charge in [-0.05, 0) is 43.5 Å². The minimum Gasteiger partial charge on any atom is -0.341 e. The number of rotatable bonds is 4. The fourth-order valence-electron chi connectivity index (χ4n) is 4.13. The van der Waals surface area contributed by atoms with Gasteiger partial charge in [-0.15, -0.1) is 0 Å². The van der Waals surface area contributed by atoms with E-state index in [2.05, 4.69) is 25.2 Å². The van der Waals surface area contributed by atoms with Crippen molar-refractivity contribution in [2.75, 3.05) is 29.9 Å². The molecular weight excluding hydrogens is 412 g/mol. The normalized spacial score (nSPS) is 16.1. The molecule has 2 aliphatic rings. The van der Waals surface area contributed by atoms with Gasteiger partial charge in [0.15, 0.2) is 5.82 Å². The van der Waals surface area contributed by atoms with Crippen molar-refractivity contribution in [1.82, 2.24) is 14.5 Å². The Kier molecular flexibility index (Phi) is 5.19. The Labute approximate surface area is 185 Å². The highest BCUT2D eigenvalue weighted by Gasteiger charge is 2.16. The van der Waals surface area contributed by atoms with Crippen LogP contribution in [-0.2, 0) is 7.05 Å². The first-order chi connectivity index (χ1) is 15.1. The molecule has 158 valence electrons. The molecule has 2 aliphatic heterocycles. The van der Waals surface area contributed by atoms with Crippen molar-refractivity contribution in [3.63, 3.8) is 0 Å². The van der Waals surface area contributed by atoms with E-state index in [-0.39, 0.29) is 5.56 Å². The molecule has 4 heterocycles. The average molecular weight is 435 g/mol. The van der Waals surface area contributed by atoms with Gasteiger partial charge in [-0.25, -0.2) is 4.98 Å². The lowest BCUT2D eigenvalue weighted by atomic mass is 10.1. The molecule has 0 unspecified atom stereocenters. The van der Waals surface area contributed by atoms with Gasteiger partial charge in [-0.2, -0.15) is 4.98 Å². The summed E-state index contributed by atoms with van der Waals surface area (Å²) in [6.07, 6.45) is 8.93. The Morgan fingerprint density at radius 3 is 2.74 bits per heavy atom. The number of piperidine rings is 1. The maximum atomic E-state index is 12.8. The summed E-state index contributed by atoms with van der Waals surface area (Å²) in [7, 11) is 1.79. The van der Waals surface area contributed by atoms with Crippen molar-refractivity contribution in [2.45, 2.75) is 19.3 Å². The van der Waals surface area contributed by atoms with E-state index < -0.39 is 0 Å². The van der Waals surface area contributed by atoms with E-state index >= 15 is 0 Å². The third kappa shape index (κ3) is 3.81. The molecule has 0 aliphatic carbocycles. The molecule has 0 bridgehead atoms. The van der Waals surface area contributed by atoms with E-state index in [0.29, 0.717) is 28.9 Å². The number of allylic oxidation sites excluding steroid dienone is 1. The molecule has 1 aromatic carbocycles. The SMILES string of the molecule is Cn1c(=O)c(C2=CCN=C2)cc2cc(Nc3nc(N4CCCCC4)ncc3Cl)ccc21. The van der Waals surface area contributed by atoms with Gasteiger partial charge in [0.2, 0.25) is 5.95 Å². The van der Waals surface area contributed by atoms with Crippen molar-refractivity contribution >= 4 is 51.7 Å². The summed E-state index contributed by atoms with van der Waals surface area (Å²) in [5, 5.41) is 4.74. The highest BCUT2D eigenvalue weighted by Crippen LogP contribution is 2.28. The number of nitrogens with zero attached hydrogens (tertiary/aromatic N) is 5. The van der Waals surface area contributed by atoms with Gasteiger partial charge in [-0.3, -0.25) is 9.79 Å². The number of fused-ring (bicyclic) bond motifs is 1. The van der Waals surface area contributed by atoms with Crippen LogP contribution in [-0.4, -0.2) is 40.4 Å². The maximum absolute atomic E-state index is 12.8. The van der Waals surface area contributed by atoms with Gasteiger partial charge in [0.1, 0.15) is 5.02 Å². The van der Waals surface area contributed by atoms with Crippen LogP contribution < -0.4 is 15.8 Å². The van der Waals surface area contributed by atoms with E-state index in [1.54, 1.807) is 24.0 Å². The van der Waals surface area contributed by atoms with Crippen LogP contribution >= 0.6 is 11.6 Å². The number of pyridine rings is 1. The maximum Gasteiger partial charge on any atom is 0.258 e. The summed E-state index contributed by atoms with van der Waals surface area (Å²) >= 11 is 6.39. The molecule has 8 heteroatoms. The number of hydrogen-bond donors (Lipinski definition) is 1. The molecule has 1 saturated heterocycles. The van der Waals surface area contributed by atoms with Crippen LogP contribution in [0.4, 0.5) is 17.5 Å². The molecule has 1 N–H and O–H groups in total. The van der Waals surface area contributed by atoms with E-state index in [1.807, 2.05) is 30.3 Å². The Hall–Kier alpha value is -3.19. The van der Waals surface area contributed by atoms with Crippen LogP contribution in [0.2, 0.25) is 5.02 Å². The summed E-state index contributed by atoms with van der Waals surface area (Å²) in [5.74, 6) is 1.27. The average Bonchev–Trinajstić information content (AvgIpc) is 3.33. The van der Waals surface area contributed by atoms with Gasteiger partial charge in [0.05, 0.1) is 18.3 Å². The van der Waals surface area contributed by atoms with Crippen molar-refractivity contribution < 1.29 is 0 Å². The van der Waals surface area contributed by atoms with Gasteiger partial charge < -0.3 is 14.8 Å². The molecule has 31 heavy (non-hydrogen) atoms. The molecule has 7 nitrogen and oxygen atoms in total. The van der Waals surface area contributed by atoms with Crippen LogP contribution in [0, 0.1) is 0 Å². The monoisotopic (exact) mass is 434 g/mol. The first kappa shape index (κ1) is 19.8. The fourth-order valence-corrected chi connectivity index (χ4v) is 4.27. The van der Waals surface area contributed by atoms with E-state index in [9.17, 15) is 4.79 Å². The smallest absolute Gasteiger partial charge is 0.258 e. The number of halogens is 1. The zero-order chi connectivity index (χ0) is 21.4. The van der Waals surface area contributed by atoms with Gasteiger partial charge in [0, 0.05) is 48.6 Å². The van der Waals surface area contributed by atoms with Crippen molar-refractivity contribution in [2.24, 2.45) is 12.0 Å². The van der Waals surface area contributed by atoms with Crippen molar-refractivity contribution in [3.05, 3.63) is 57.5 Å². The molecule has 5 rings (SSSR count). The van der Waals surface area contributed by atoms with Gasteiger partial charge in [0.25, 0.3) is 5.56 Å². The van der Waals surface area contributed by atoms with Crippen LogP contribution in [0.5, 0.6) is 0 Å². The standard InChI is InChI=1S/C23H23ClN6O/c1-29-20-6-5-17(11-16(20)12-18(22(29)31)15-7-8-25-13-15)27-21-19(24)14-26-23(28-21)30-9-3-2-4-10-30/h5-7,11-14H,2-4,8-10H2,1H3,(H,26,27,28). The first-order valence-corrected chi connectivity index (χ1v) is 10.9. The lowest BCUT2D eigenvalue weighted by Gasteiger charge is -2.26. The number of aliphatic imine (C=N–C) groups is 1. The molecule has 0 saturated carbocycles. The lowest BCUT2D eigenvalue weighted by Crippen LogP contribution is -2.31. The highest BCUT2D eigenvalue weighted by molar-refractivity contribution is 6.32. The van der Waals surface area contributed by atoms with Crippen LogP contribution in [0.3, 0.4) is 0 Å². The van der Waals surface area contributed by atoms with Crippen LogP contribution in [0.15, 0.2) is 46.3 Å². The van der Waals surface area contributed by atoms with Gasteiger partial charge in [-0.1, -0.05) is 17.7 Å². The molecule has 0 atom stereocenters. The fraction of sp³-hybridized carbons (Fsp3) is 0.304. The van der Waals surface area contributed by atoms with E-state index in [1.165, 1.54) is 6.42 Å². The molecule has 0 radical (unpaired) electrons. The third-order valence-corrected chi connectivity index (χ3v) is 6.09. The predicted molar refractivity (Wildman–Crippen MR) is 127 cm³/mol. The topological polar surface area (TPSA) is 75.4 Å². The van der Waals surface area contributed by atoms with Crippen LogP contribution in [0.25, 0.3) is 16.5 Å². The summed E-state index contributed by atoms with van der Waals surface area (Å²) in [6, 6.07) is 7.79. The quantitative estimate of drug-likeness (QED) is 0.666. The lowest BCUT2D eigenvalue weighted by molar-refractivity contribution is 0.568. The minimum absolute atomic E-state index is 0.0298. The third-order valence-electron chi connectivity index (χ3n) is 5.81. The molecule has 0 spiro atoms. The summed E-state index contributed by atoms with van der Waals surface area (Å²) in [6.45, 7) is 2.55. The second-order valence-corrected chi connectivity index (χ2v) is 8.30. The highest BCUT2D eigenvalue weighted by atomic mass is 35.5. The number of nitrogens with one attached hydrogen (secondary N) is 1. The number of aryl methyl sites for hydroxylation is 1. The Bertz CT molecular complexity index is 1270. The zero-order valence-corrected chi connectivity index (χ0v) is 18.1. The largest absolute Gasteiger partial charge is 0.341 e. The predicted octanol–water partition coefficient (Wildman–Crippen LogP) is 4.18. The molecule has 3 aromatic rings. The Morgan fingerprint density at radius 2 is 1.97 bits per heavy atom. The number of aromatic nitrogens is 3. The Morgan fingerprint density at radius 1 is 1.13 bits per heavy atom. The minimum atomic E-state index is -0.0298. The van der Waals surface area contributed by atoms with E-state index in [0.717, 1.165) is 48.1 Å². The molecule has 0 amide bonds. The van der Waals surface area contributed by atoms with Crippen LogP contribution in [0.1, 0.15) is 24.8 Å². The number of hydrogen-bond acceptors (Lipinski definition) is 6. The zero-order valence-electron chi connectivity index (χ0n) is 17.3. The second kappa shape index (κ2) is 8.15. The number of benzene rings is 1. The number of anilines is 3. The second-order valence-electron chi connectivity index (χ2n) is 7.89. The van der Waals surface area contributed by atoms with Crippen molar-refractivity contribution in [3.8, 4) is 0 Å².